The largest absolute Gasteiger partial charge is 0.348 e. The molecule has 8 heteroatoms. The van der Waals surface area contributed by atoms with Crippen molar-refractivity contribution in [3.05, 3.63) is 30.2 Å². The van der Waals surface area contributed by atoms with Gasteiger partial charge in [0.2, 0.25) is 5.91 Å². The van der Waals surface area contributed by atoms with E-state index in [1.54, 1.807) is 36.0 Å². The van der Waals surface area contributed by atoms with Gasteiger partial charge in [0.25, 0.3) is 5.91 Å². The Kier molecular flexibility index (Phi) is 4.98. The second kappa shape index (κ2) is 7.18. The minimum absolute atomic E-state index is 0.00709. The molecule has 0 saturated carbocycles. The van der Waals surface area contributed by atoms with Crippen molar-refractivity contribution in [2.75, 3.05) is 13.1 Å². The van der Waals surface area contributed by atoms with Gasteiger partial charge >= 0.3 is 0 Å². The number of nitrogens with zero attached hydrogens (tertiary/aromatic N) is 4. The molecule has 3 N–H and O–H groups in total. The van der Waals surface area contributed by atoms with Crippen LogP contribution in [0.2, 0.25) is 0 Å². The molecule has 2 aromatic rings. The second-order valence-corrected chi connectivity index (χ2v) is 6.67. The fourth-order valence-electron chi connectivity index (χ4n) is 3.25. The summed E-state index contributed by atoms with van der Waals surface area (Å²) in [6.45, 7) is 5.08. The van der Waals surface area contributed by atoms with E-state index in [9.17, 15) is 9.59 Å². The summed E-state index contributed by atoms with van der Waals surface area (Å²) in [5, 5.41) is 7.14. The Hall–Kier alpha value is -2.48. The molecule has 1 saturated heterocycles. The van der Waals surface area contributed by atoms with Crippen molar-refractivity contribution in [3.8, 4) is 0 Å². The zero-order valence-electron chi connectivity index (χ0n) is 14.6. The number of imidazole rings is 1. The summed E-state index contributed by atoms with van der Waals surface area (Å²) in [5.41, 5.74) is 6.66. The Morgan fingerprint density at radius 3 is 2.68 bits per heavy atom. The molecular weight excluding hydrogens is 320 g/mol. The molecule has 2 amide bonds. The number of carbonyl (C=O) groups is 2. The van der Waals surface area contributed by atoms with Gasteiger partial charge in [-0.05, 0) is 44.7 Å². The van der Waals surface area contributed by atoms with Crippen LogP contribution in [0.5, 0.6) is 0 Å². The van der Waals surface area contributed by atoms with Gasteiger partial charge in [0.1, 0.15) is 5.69 Å². The molecule has 1 fully saturated rings. The number of piperidine rings is 1. The normalized spacial score (nSPS) is 18.1. The number of hydrogen-bond acceptors (Lipinski definition) is 5. The molecule has 1 aliphatic rings. The molecule has 2 aromatic heterocycles. The number of rotatable bonds is 4. The second-order valence-electron chi connectivity index (χ2n) is 6.67. The number of fused-ring (bicyclic) bond motifs is 1. The monoisotopic (exact) mass is 344 g/mol. The van der Waals surface area contributed by atoms with Crippen LogP contribution in [0.25, 0.3) is 5.65 Å². The first kappa shape index (κ1) is 17.3. The summed E-state index contributed by atoms with van der Waals surface area (Å²) in [5.74, 6) is 0.121. The zero-order chi connectivity index (χ0) is 18.0. The molecule has 0 aromatic carbocycles. The number of nitrogens with two attached hydrogens (primary N) is 1. The lowest BCUT2D eigenvalue weighted by atomic mass is 9.90. The highest BCUT2D eigenvalue weighted by Gasteiger charge is 2.28. The van der Waals surface area contributed by atoms with Crippen molar-refractivity contribution < 1.29 is 9.59 Å². The fraction of sp³-hybridized carbons (Fsp3) is 0.529. The van der Waals surface area contributed by atoms with Gasteiger partial charge in [0, 0.05) is 25.3 Å². The number of carbonyl (C=O) groups excluding carboxylic acids is 2. The van der Waals surface area contributed by atoms with Crippen molar-refractivity contribution in [1.82, 2.24) is 24.8 Å². The molecule has 2 atom stereocenters. The maximum atomic E-state index is 12.4. The Morgan fingerprint density at radius 2 is 2.04 bits per heavy atom. The summed E-state index contributed by atoms with van der Waals surface area (Å²) in [6.07, 6.45) is 4.98. The van der Waals surface area contributed by atoms with Gasteiger partial charge in [-0.25, -0.2) is 9.50 Å². The van der Waals surface area contributed by atoms with Crippen LogP contribution in [0.15, 0.2) is 24.5 Å². The topological polar surface area (TPSA) is 106 Å². The molecule has 0 radical (unpaired) electrons. The number of hydrogen-bond donors (Lipinski definition) is 2. The Bertz CT molecular complexity index is 730. The Balaban J connectivity index is 1.56. The minimum Gasteiger partial charge on any atom is -0.348 e. The predicted octanol–water partition coefficient (Wildman–Crippen LogP) is 0.433. The standard InChI is InChI=1S/C17H24N6O2/c1-11(18)17(25)22-8-5-13(6-9-22)12(2)20-16(24)14-10-23-15(21-14)4-3-7-19-23/h3-4,7,10-13H,5-6,8-9,18H2,1-2H3,(H,20,24). The van der Waals surface area contributed by atoms with Crippen molar-refractivity contribution in [1.29, 1.82) is 0 Å². The molecule has 3 rings (SSSR count). The van der Waals surface area contributed by atoms with Gasteiger partial charge in [-0.15, -0.1) is 0 Å². The summed E-state index contributed by atoms with van der Waals surface area (Å²) >= 11 is 0. The summed E-state index contributed by atoms with van der Waals surface area (Å²) < 4.78 is 1.58. The van der Waals surface area contributed by atoms with Crippen molar-refractivity contribution in [3.63, 3.8) is 0 Å². The van der Waals surface area contributed by atoms with Crippen LogP contribution in [-0.4, -0.2) is 56.5 Å². The highest BCUT2D eigenvalue weighted by Crippen LogP contribution is 2.21. The van der Waals surface area contributed by atoms with Crippen molar-refractivity contribution >= 4 is 17.5 Å². The molecule has 1 aliphatic heterocycles. The first-order chi connectivity index (χ1) is 12.0. The van der Waals surface area contributed by atoms with Crippen LogP contribution in [0, 0.1) is 5.92 Å². The third kappa shape index (κ3) is 3.79. The summed E-state index contributed by atoms with van der Waals surface area (Å²) in [4.78, 5) is 30.5. The van der Waals surface area contributed by atoms with Crippen LogP contribution >= 0.6 is 0 Å². The summed E-state index contributed by atoms with van der Waals surface area (Å²) in [7, 11) is 0. The molecular formula is C17H24N6O2. The molecule has 8 nitrogen and oxygen atoms in total. The minimum atomic E-state index is -0.461. The van der Waals surface area contributed by atoms with E-state index < -0.39 is 6.04 Å². The van der Waals surface area contributed by atoms with Gasteiger partial charge in [-0.3, -0.25) is 9.59 Å². The van der Waals surface area contributed by atoms with E-state index in [1.165, 1.54) is 0 Å². The predicted molar refractivity (Wildman–Crippen MR) is 92.9 cm³/mol. The Morgan fingerprint density at radius 1 is 1.32 bits per heavy atom. The molecule has 25 heavy (non-hydrogen) atoms. The first-order valence-electron chi connectivity index (χ1n) is 8.61. The molecule has 0 aliphatic carbocycles. The number of likely N-dealkylation sites (tertiary alicyclic amines) is 1. The molecule has 134 valence electrons. The molecule has 0 spiro atoms. The van der Waals surface area contributed by atoms with Gasteiger partial charge in [0.15, 0.2) is 5.65 Å². The van der Waals surface area contributed by atoms with Crippen LogP contribution < -0.4 is 11.1 Å². The van der Waals surface area contributed by atoms with Crippen LogP contribution in [0.3, 0.4) is 0 Å². The fourth-order valence-corrected chi connectivity index (χ4v) is 3.25. The molecule has 3 heterocycles. The quantitative estimate of drug-likeness (QED) is 0.837. The summed E-state index contributed by atoms with van der Waals surface area (Å²) in [6, 6.07) is 3.14. The number of amides is 2. The van der Waals surface area contributed by atoms with Gasteiger partial charge in [-0.2, -0.15) is 5.10 Å². The van der Waals surface area contributed by atoms with Crippen LogP contribution in [-0.2, 0) is 4.79 Å². The van der Waals surface area contributed by atoms with Crippen molar-refractivity contribution in [2.24, 2.45) is 11.7 Å². The average Bonchev–Trinajstić information content (AvgIpc) is 3.05. The molecule has 2 unspecified atom stereocenters. The van der Waals surface area contributed by atoms with Crippen LogP contribution in [0.4, 0.5) is 0 Å². The third-order valence-corrected chi connectivity index (χ3v) is 4.78. The first-order valence-corrected chi connectivity index (χ1v) is 8.61. The van der Waals surface area contributed by atoms with E-state index in [1.807, 2.05) is 11.8 Å². The highest BCUT2D eigenvalue weighted by molar-refractivity contribution is 5.93. The lowest BCUT2D eigenvalue weighted by Gasteiger charge is -2.35. The smallest absolute Gasteiger partial charge is 0.271 e. The van der Waals surface area contributed by atoms with E-state index in [0.29, 0.717) is 30.3 Å². The maximum Gasteiger partial charge on any atom is 0.271 e. The van der Waals surface area contributed by atoms with E-state index in [4.69, 9.17) is 5.73 Å². The van der Waals surface area contributed by atoms with Gasteiger partial charge in [-0.1, -0.05) is 0 Å². The van der Waals surface area contributed by atoms with Crippen LogP contribution in [0.1, 0.15) is 37.2 Å². The van der Waals surface area contributed by atoms with Gasteiger partial charge in [0.05, 0.1) is 12.2 Å². The van der Waals surface area contributed by atoms with E-state index in [2.05, 4.69) is 15.4 Å². The third-order valence-electron chi connectivity index (χ3n) is 4.78. The maximum absolute atomic E-state index is 12.4. The number of nitrogens with one attached hydrogen (secondary N) is 1. The lowest BCUT2D eigenvalue weighted by molar-refractivity contribution is -0.133. The van der Waals surface area contributed by atoms with E-state index in [0.717, 1.165) is 12.8 Å². The average molecular weight is 344 g/mol. The van der Waals surface area contributed by atoms with E-state index >= 15 is 0 Å². The van der Waals surface area contributed by atoms with Gasteiger partial charge < -0.3 is 16.0 Å². The highest BCUT2D eigenvalue weighted by atomic mass is 16.2. The molecule has 0 bridgehead atoms. The number of aromatic nitrogens is 3. The van der Waals surface area contributed by atoms with Crippen molar-refractivity contribution in [2.45, 2.75) is 38.8 Å². The van der Waals surface area contributed by atoms with E-state index in [-0.39, 0.29) is 17.9 Å². The SMILES string of the molecule is CC(N)C(=O)N1CCC(C(C)NC(=O)c2cn3ncccc3n2)CC1. The lowest BCUT2D eigenvalue weighted by Crippen LogP contribution is -2.49. The zero-order valence-corrected chi connectivity index (χ0v) is 14.6. The Labute approximate surface area is 146 Å².